The van der Waals surface area contributed by atoms with Crippen molar-refractivity contribution in [3.63, 3.8) is 0 Å². The highest BCUT2D eigenvalue weighted by atomic mass is 35.5. The molecule has 2 rings (SSSR count). The summed E-state index contributed by atoms with van der Waals surface area (Å²) in [7, 11) is -3.00. The molecular weight excluding hydrogens is 272 g/mol. The quantitative estimate of drug-likeness (QED) is 0.868. The molecule has 1 N–H and O–H groups in total. The van der Waals surface area contributed by atoms with Gasteiger partial charge in [-0.2, -0.15) is 0 Å². The summed E-state index contributed by atoms with van der Waals surface area (Å²) in [5.41, 5.74) is 1.72. The number of anilines is 1. The van der Waals surface area contributed by atoms with Crippen LogP contribution >= 0.6 is 11.6 Å². The Balaban J connectivity index is 2.16. The van der Waals surface area contributed by atoms with Gasteiger partial charge in [0.1, 0.15) is 5.15 Å². The molecule has 1 aromatic heterocycles. The summed E-state index contributed by atoms with van der Waals surface area (Å²) in [6.45, 7) is 1.88. The second-order valence-corrected chi connectivity index (χ2v) is 7.50. The van der Waals surface area contributed by atoms with Crippen LogP contribution in [0.25, 0.3) is 0 Å². The van der Waals surface area contributed by atoms with Gasteiger partial charge in [0.15, 0.2) is 9.84 Å². The number of halogens is 1. The summed E-state index contributed by atoms with van der Waals surface area (Å²) >= 11 is 5.86. The number of pyridine rings is 1. The van der Waals surface area contributed by atoms with Crippen LogP contribution in [0.4, 0.5) is 5.69 Å². The van der Waals surface area contributed by atoms with Gasteiger partial charge < -0.3 is 5.32 Å². The smallest absolute Gasteiger partial charge is 0.152 e. The van der Waals surface area contributed by atoms with Gasteiger partial charge in [0, 0.05) is 12.3 Å². The fourth-order valence-electron chi connectivity index (χ4n) is 2.45. The monoisotopic (exact) mass is 288 g/mol. The van der Waals surface area contributed by atoms with Crippen LogP contribution in [0.3, 0.4) is 0 Å². The zero-order valence-electron chi connectivity index (χ0n) is 10.5. The first-order chi connectivity index (χ1) is 8.38. The van der Waals surface area contributed by atoms with Crippen LogP contribution in [0.2, 0.25) is 5.15 Å². The number of rotatable bonds is 3. The van der Waals surface area contributed by atoms with Crippen LogP contribution in [0, 0.1) is 6.92 Å². The van der Waals surface area contributed by atoms with Gasteiger partial charge in [0.2, 0.25) is 0 Å². The molecule has 0 spiro atoms. The molecule has 18 heavy (non-hydrogen) atoms. The molecule has 100 valence electrons. The second kappa shape index (κ2) is 5.05. The fraction of sp³-hybridized carbons (Fsp3) is 0.583. The number of aromatic nitrogens is 1. The Morgan fingerprint density at radius 2 is 2.17 bits per heavy atom. The summed E-state index contributed by atoms with van der Waals surface area (Å²) in [5.74, 6) is 0. The van der Waals surface area contributed by atoms with Crippen molar-refractivity contribution in [3.8, 4) is 0 Å². The minimum absolute atomic E-state index is 0.0256. The lowest BCUT2D eigenvalue weighted by molar-refractivity contribution is 0.579. The molecule has 2 unspecified atom stereocenters. The molecule has 0 radical (unpaired) electrons. The average Bonchev–Trinajstić information content (AvgIpc) is 2.71. The van der Waals surface area contributed by atoms with Crippen LogP contribution in [0.5, 0.6) is 0 Å². The molecule has 1 fully saturated rings. The zero-order chi connectivity index (χ0) is 13.3. The summed E-state index contributed by atoms with van der Waals surface area (Å²) in [6, 6.07) is 1.87. The molecule has 6 heteroatoms. The van der Waals surface area contributed by atoms with E-state index in [0.29, 0.717) is 5.15 Å². The molecule has 0 amide bonds. The highest BCUT2D eigenvalue weighted by Crippen LogP contribution is 2.28. The summed E-state index contributed by atoms with van der Waals surface area (Å²) in [6.07, 6.45) is 5.50. The summed E-state index contributed by atoms with van der Waals surface area (Å²) < 4.78 is 23.4. The van der Waals surface area contributed by atoms with E-state index in [-0.39, 0.29) is 11.3 Å². The van der Waals surface area contributed by atoms with Gasteiger partial charge in [0.05, 0.1) is 17.1 Å². The fourth-order valence-corrected chi connectivity index (χ4v) is 3.95. The van der Waals surface area contributed by atoms with E-state index < -0.39 is 9.84 Å². The van der Waals surface area contributed by atoms with Gasteiger partial charge in [-0.3, -0.25) is 0 Å². The first-order valence-electron chi connectivity index (χ1n) is 5.95. The van der Waals surface area contributed by atoms with Gasteiger partial charge in [-0.25, -0.2) is 13.4 Å². The molecule has 0 aromatic carbocycles. The minimum Gasteiger partial charge on any atom is -0.380 e. The normalized spacial score (nSPS) is 24.2. The number of hydrogen-bond donors (Lipinski definition) is 1. The third kappa shape index (κ3) is 2.95. The van der Waals surface area contributed by atoms with Crippen LogP contribution in [0.15, 0.2) is 12.3 Å². The molecule has 1 aliphatic rings. The average molecular weight is 289 g/mol. The van der Waals surface area contributed by atoms with Gasteiger partial charge in [0.25, 0.3) is 0 Å². The Morgan fingerprint density at radius 3 is 2.78 bits per heavy atom. The molecule has 0 aliphatic heterocycles. The first-order valence-corrected chi connectivity index (χ1v) is 8.29. The minimum atomic E-state index is -3.00. The van der Waals surface area contributed by atoms with Crippen molar-refractivity contribution in [3.05, 3.63) is 23.0 Å². The van der Waals surface area contributed by atoms with Crippen molar-refractivity contribution in [1.82, 2.24) is 4.98 Å². The van der Waals surface area contributed by atoms with Crippen molar-refractivity contribution < 1.29 is 8.42 Å². The van der Waals surface area contributed by atoms with Gasteiger partial charge in [-0.15, -0.1) is 0 Å². The van der Waals surface area contributed by atoms with Crippen molar-refractivity contribution in [2.24, 2.45) is 0 Å². The third-order valence-corrected chi connectivity index (χ3v) is 5.43. The van der Waals surface area contributed by atoms with Crippen LogP contribution in [-0.2, 0) is 9.84 Å². The predicted octanol–water partition coefficient (Wildman–Crippen LogP) is 2.42. The Bertz CT molecular complexity index is 545. The maximum absolute atomic E-state index is 11.7. The van der Waals surface area contributed by atoms with Crippen LogP contribution in [-0.4, -0.2) is 30.9 Å². The number of nitrogens with one attached hydrogen (secondary N) is 1. The Morgan fingerprint density at radius 1 is 1.44 bits per heavy atom. The second-order valence-electron chi connectivity index (χ2n) is 4.88. The highest BCUT2D eigenvalue weighted by Gasteiger charge is 2.34. The Labute approximate surface area is 113 Å². The van der Waals surface area contributed by atoms with Crippen LogP contribution < -0.4 is 5.32 Å². The maximum atomic E-state index is 11.7. The first kappa shape index (κ1) is 13.6. The van der Waals surface area contributed by atoms with E-state index in [2.05, 4.69) is 10.3 Å². The number of hydrogen-bond acceptors (Lipinski definition) is 4. The Kier molecular flexibility index (Phi) is 3.82. The van der Waals surface area contributed by atoms with Crippen molar-refractivity contribution >= 4 is 27.1 Å². The molecule has 4 nitrogen and oxygen atoms in total. The molecule has 1 aromatic rings. The van der Waals surface area contributed by atoms with Crippen molar-refractivity contribution in [2.45, 2.75) is 37.5 Å². The van der Waals surface area contributed by atoms with Crippen molar-refractivity contribution in [2.75, 3.05) is 11.6 Å². The lowest BCUT2D eigenvalue weighted by Gasteiger charge is -2.20. The molecule has 0 bridgehead atoms. The maximum Gasteiger partial charge on any atom is 0.152 e. The SMILES string of the molecule is Cc1cc(NC2CCCC2S(C)(=O)=O)cnc1Cl. The lowest BCUT2D eigenvalue weighted by Crippen LogP contribution is -2.34. The highest BCUT2D eigenvalue weighted by molar-refractivity contribution is 7.91. The van der Waals surface area contributed by atoms with E-state index in [9.17, 15) is 8.42 Å². The van der Waals surface area contributed by atoms with E-state index in [1.54, 1.807) is 6.20 Å². The third-order valence-electron chi connectivity index (χ3n) is 3.37. The Hall–Kier alpha value is -0.810. The lowest BCUT2D eigenvalue weighted by atomic mass is 10.2. The molecule has 0 saturated heterocycles. The number of aryl methyl sites for hydroxylation is 1. The topological polar surface area (TPSA) is 59.1 Å². The molecular formula is C12H17ClN2O2S. The van der Waals surface area contributed by atoms with Crippen LogP contribution in [0.1, 0.15) is 24.8 Å². The summed E-state index contributed by atoms with van der Waals surface area (Å²) in [4.78, 5) is 4.06. The number of sulfone groups is 1. The van der Waals surface area contributed by atoms with E-state index in [0.717, 1.165) is 30.5 Å². The largest absolute Gasteiger partial charge is 0.380 e. The van der Waals surface area contributed by atoms with Gasteiger partial charge >= 0.3 is 0 Å². The van der Waals surface area contributed by atoms with Gasteiger partial charge in [-0.05, 0) is 37.8 Å². The summed E-state index contributed by atoms with van der Waals surface area (Å²) in [5, 5.41) is 3.45. The molecule has 1 aliphatic carbocycles. The number of nitrogens with zero attached hydrogens (tertiary/aromatic N) is 1. The van der Waals surface area contributed by atoms with E-state index in [4.69, 9.17) is 11.6 Å². The van der Waals surface area contributed by atoms with E-state index >= 15 is 0 Å². The molecule has 1 heterocycles. The van der Waals surface area contributed by atoms with Crippen molar-refractivity contribution in [1.29, 1.82) is 0 Å². The molecule has 2 atom stereocenters. The molecule has 1 saturated carbocycles. The standard InChI is InChI=1S/C12H17ClN2O2S/c1-8-6-9(7-14-12(8)13)15-10-4-3-5-11(10)18(2,16)17/h6-7,10-11,15H,3-5H2,1-2H3. The zero-order valence-corrected chi connectivity index (χ0v) is 12.1. The van der Waals surface area contributed by atoms with E-state index in [1.807, 2.05) is 13.0 Å². The van der Waals surface area contributed by atoms with Gasteiger partial charge in [-0.1, -0.05) is 11.6 Å². The predicted molar refractivity (Wildman–Crippen MR) is 73.9 cm³/mol. The van der Waals surface area contributed by atoms with E-state index in [1.165, 1.54) is 6.26 Å².